The Morgan fingerprint density at radius 2 is 1.69 bits per heavy atom. The maximum absolute atomic E-state index is 15.0. The molecular formula is C32H34F8N4O5. The molecule has 0 saturated carbocycles. The van der Waals surface area contributed by atoms with Gasteiger partial charge in [0, 0.05) is 49.8 Å². The number of ether oxygens (including phenoxy) is 2. The molecule has 2 aliphatic heterocycles. The van der Waals surface area contributed by atoms with Gasteiger partial charge in [0.1, 0.15) is 11.4 Å². The van der Waals surface area contributed by atoms with Gasteiger partial charge in [-0.25, -0.2) is 13.6 Å². The number of aromatic nitrogens is 1. The van der Waals surface area contributed by atoms with Gasteiger partial charge < -0.3 is 25.0 Å². The van der Waals surface area contributed by atoms with Crippen molar-refractivity contribution >= 4 is 23.5 Å². The Morgan fingerprint density at radius 3 is 2.22 bits per heavy atom. The Bertz CT molecular complexity index is 1550. The van der Waals surface area contributed by atoms with Crippen molar-refractivity contribution in [1.29, 1.82) is 0 Å². The zero-order valence-corrected chi connectivity index (χ0v) is 26.6. The van der Waals surface area contributed by atoms with E-state index < -0.39 is 84.3 Å². The maximum atomic E-state index is 15.0. The predicted molar refractivity (Wildman–Crippen MR) is 158 cm³/mol. The van der Waals surface area contributed by atoms with Gasteiger partial charge in [-0.15, -0.1) is 0 Å². The van der Waals surface area contributed by atoms with Gasteiger partial charge in [0.25, 0.3) is 6.43 Å². The molecule has 3 amide bonds. The number of pyridine rings is 1. The average molecular weight is 707 g/mol. The molecule has 3 heterocycles. The second-order valence-corrected chi connectivity index (χ2v) is 12.7. The number of alkyl halides is 8. The van der Waals surface area contributed by atoms with Crippen molar-refractivity contribution in [2.45, 2.75) is 70.0 Å². The smallest absolute Gasteiger partial charge is 0.416 e. The van der Waals surface area contributed by atoms with Crippen LogP contribution in [0.5, 0.6) is 5.75 Å². The Labute approximate surface area is 276 Å². The highest BCUT2D eigenvalue weighted by Gasteiger charge is 2.59. The highest BCUT2D eigenvalue weighted by atomic mass is 19.4. The van der Waals surface area contributed by atoms with Crippen LogP contribution in [0.25, 0.3) is 5.57 Å². The van der Waals surface area contributed by atoms with Crippen LogP contribution in [0.1, 0.15) is 63.3 Å². The molecule has 1 fully saturated rings. The zero-order valence-electron chi connectivity index (χ0n) is 26.6. The second-order valence-electron chi connectivity index (χ2n) is 12.7. The van der Waals surface area contributed by atoms with Gasteiger partial charge in [-0.05, 0) is 62.6 Å². The molecule has 1 aromatic heterocycles. The first-order chi connectivity index (χ1) is 22.7. The quantitative estimate of drug-likeness (QED) is 0.217. The fourth-order valence-electron chi connectivity index (χ4n) is 5.21. The van der Waals surface area contributed by atoms with E-state index in [1.165, 1.54) is 4.90 Å². The highest BCUT2D eigenvalue weighted by molar-refractivity contribution is 6.04. The van der Waals surface area contributed by atoms with Crippen molar-refractivity contribution in [3.05, 3.63) is 65.0 Å². The van der Waals surface area contributed by atoms with Crippen LogP contribution < -0.4 is 15.4 Å². The molecule has 49 heavy (non-hydrogen) atoms. The van der Waals surface area contributed by atoms with Gasteiger partial charge in [0.2, 0.25) is 11.8 Å². The third-order valence-electron chi connectivity index (χ3n) is 7.80. The zero-order chi connectivity index (χ0) is 36.4. The van der Waals surface area contributed by atoms with Crippen LogP contribution in [0.3, 0.4) is 0 Å². The molecule has 2 N–H and O–H groups in total. The number of likely N-dealkylation sites (tertiary alicyclic amines) is 1. The Kier molecular flexibility index (Phi) is 10.8. The summed E-state index contributed by atoms with van der Waals surface area (Å²) < 4.78 is 119. The molecule has 1 saturated heterocycles. The fraction of sp³-hybridized carbons (Fsp3) is 0.500. The van der Waals surface area contributed by atoms with Crippen LogP contribution in [0.15, 0.2) is 48.2 Å². The minimum Gasteiger partial charge on any atom is -0.494 e. The molecule has 2 aliphatic rings. The summed E-state index contributed by atoms with van der Waals surface area (Å²) in [5, 5.41) is 4.54. The number of benzene rings is 1. The van der Waals surface area contributed by atoms with E-state index in [4.69, 9.17) is 9.47 Å². The number of hydrogen-bond donors (Lipinski definition) is 2. The molecule has 0 aliphatic carbocycles. The molecule has 4 rings (SSSR count). The first-order valence-electron chi connectivity index (χ1n) is 15.1. The molecule has 1 aromatic carbocycles. The van der Waals surface area contributed by atoms with E-state index in [0.29, 0.717) is 0 Å². The van der Waals surface area contributed by atoms with Gasteiger partial charge in [-0.2, -0.15) is 26.3 Å². The summed E-state index contributed by atoms with van der Waals surface area (Å²) in [5.74, 6) is -2.49. The van der Waals surface area contributed by atoms with Gasteiger partial charge in [-0.3, -0.25) is 14.6 Å². The lowest BCUT2D eigenvalue weighted by Crippen LogP contribution is -2.60. The minimum atomic E-state index is -5.13. The molecule has 1 atom stereocenters. The summed E-state index contributed by atoms with van der Waals surface area (Å²) in [6.45, 7) is 4.16. The van der Waals surface area contributed by atoms with Crippen LogP contribution >= 0.6 is 0 Å². The molecular weight excluding hydrogens is 672 g/mol. The van der Waals surface area contributed by atoms with Crippen LogP contribution in [-0.4, -0.2) is 72.0 Å². The highest BCUT2D eigenvalue weighted by Crippen LogP contribution is 2.48. The third kappa shape index (κ3) is 9.17. The standard InChI is InChI=1S/C32H34F8N4O5/c1-29(2,3)49-28(47)44-16-19(17-44)26(45)42-15-23-22(24-10-5-18(14-41-24)25(33)34)13-30(32(38,39)40,43-27(23)46)20-6-8-21(9-7-20)48-12-4-11-31(35,36)37/h5-10,14,19,25H,4,11-13,15-17H2,1-3H3,(H,42,45)(H,43,46)/t30-/m0/s1. The Balaban J connectivity index is 1.59. The second kappa shape index (κ2) is 14.2. The number of nitrogens with one attached hydrogen (secondary N) is 2. The monoisotopic (exact) mass is 706 g/mol. The van der Waals surface area contributed by atoms with Crippen LogP contribution in [0, 0.1) is 5.92 Å². The van der Waals surface area contributed by atoms with E-state index in [9.17, 15) is 49.5 Å². The predicted octanol–water partition coefficient (Wildman–Crippen LogP) is 6.45. The van der Waals surface area contributed by atoms with Crippen LogP contribution in [-0.2, 0) is 19.9 Å². The maximum Gasteiger partial charge on any atom is 0.416 e. The first kappa shape index (κ1) is 37.4. The van der Waals surface area contributed by atoms with Crippen molar-refractivity contribution in [3.63, 3.8) is 0 Å². The number of rotatable bonds is 10. The van der Waals surface area contributed by atoms with E-state index in [2.05, 4.69) is 10.3 Å². The molecule has 0 radical (unpaired) electrons. The Hall–Kier alpha value is -4.44. The lowest BCUT2D eigenvalue weighted by atomic mass is 9.77. The molecule has 0 unspecified atom stereocenters. The molecule has 2 aromatic rings. The summed E-state index contributed by atoms with van der Waals surface area (Å²) in [4.78, 5) is 43.8. The number of hydrogen-bond acceptors (Lipinski definition) is 6. The summed E-state index contributed by atoms with van der Waals surface area (Å²) >= 11 is 0. The number of amides is 3. The first-order valence-corrected chi connectivity index (χ1v) is 15.1. The van der Waals surface area contributed by atoms with Gasteiger partial charge >= 0.3 is 18.4 Å². The van der Waals surface area contributed by atoms with Crippen molar-refractivity contribution in [2.75, 3.05) is 26.2 Å². The lowest BCUT2D eigenvalue weighted by Gasteiger charge is -2.42. The number of carbonyl (C=O) groups is 3. The number of nitrogens with zero attached hydrogens (tertiary/aromatic N) is 2. The van der Waals surface area contributed by atoms with Crippen molar-refractivity contribution in [2.24, 2.45) is 5.92 Å². The normalized spacial score (nSPS) is 19.0. The summed E-state index contributed by atoms with van der Waals surface area (Å²) in [6.07, 6.45) is -14.7. The van der Waals surface area contributed by atoms with E-state index in [1.54, 1.807) is 20.8 Å². The van der Waals surface area contributed by atoms with Crippen molar-refractivity contribution in [3.8, 4) is 5.75 Å². The van der Waals surface area contributed by atoms with Gasteiger partial charge in [0.15, 0.2) is 5.54 Å². The summed E-state index contributed by atoms with van der Waals surface area (Å²) in [5.41, 5.74) is -5.53. The Morgan fingerprint density at radius 1 is 1.04 bits per heavy atom. The lowest BCUT2D eigenvalue weighted by molar-refractivity contribution is -0.201. The molecule has 17 heteroatoms. The molecule has 9 nitrogen and oxygen atoms in total. The van der Waals surface area contributed by atoms with Crippen molar-refractivity contribution < 1.29 is 59.0 Å². The number of carbonyl (C=O) groups excluding carboxylic acids is 3. The fourth-order valence-corrected chi connectivity index (χ4v) is 5.21. The topological polar surface area (TPSA) is 110 Å². The average Bonchev–Trinajstić information content (AvgIpc) is 2.96. The van der Waals surface area contributed by atoms with E-state index >= 15 is 0 Å². The SMILES string of the molecule is CC(C)(C)OC(=O)N1CC(C(=O)NCC2=C(c3ccc(C(F)F)cn3)C[C@](c3ccc(OCCCC(F)(F)F)cc3)(C(F)(F)F)NC2=O)C1. The van der Waals surface area contributed by atoms with Crippen LogP contribution in [0.4, 0.5) is 39.9 Å². The van der Waals surface area contributed by atoms with E-state index in [0.717, 1.165) is 42.6 Å². The van der Waals surface area contributed by atoms with E-state index in [1.807, 2.05) is 5.32 Å². The largest absolute Gasteiger partial charge is 0.494 e. The summed E-state index contributed by atoms with van der Waals surface area (Å²) in [7, 11) is 0. The van der Waals surface area contributed by atoms with Crippen LogP contribution in [0.2, 0.25) is 0 Å². The molecule has 0 spiro atoms. The molecule has 268 valence electrons. The van der Waals surface area contributed by atoms with Crippen molar-refractivity contribution in [1.82, 2.24) is 20.5 Å². The molecule has 0 bridgehead atoms. The van der Waals surface area contributed by atoms with Gasteiger partial charge in [0.05, 0.1) is 18.2 Å². The minimum absolute atomic E-state index is 0.00460. The third-order valence-corrected chi connectivity index (χ3v) is 7.80. The number of halogens is 8. The van der Waals surface area contributed by atoms with E-state index in [-0.39, 0.29) is 48.7 Å². The summed E-state index contributed by atoms with van der Waals surface area (Å²) in [6, 6.07) is 6.28. The van der Waals surface area contributed by atoms with Gasteiger partial charge in [-0.1, -0.05) is 12.1 Å².